The summed E-state index contributed by atoms with van der Waals surface area (Å²) in [5.41, 5.74) is 6.38. The third kappa shape index (κ3) is 8.16. The van der Waals surface area contributed by atoms with Crippen LogP contribution in [-0.4, -0.2) is 50.4 Å². The summed E-state index contributed by atoms with van der Waals surface area (Å²) >= 11 is -2.20. The lowest BCUT2D eigenvalue weighted by Crippen LogP contribution is -2.32. The van der Waals surface area contributed by atoms with Gasteiger partial charge in [-0.2, -0.15) is 0 Å². The van der Waals surface area contributed by atoms with Crippen molar-refractivity contribution in [1.82, 2.24) is 4.31 Å². The van der Waals surface area contributed by atoms with Crippen LogP contribution in [0.2, 0.25) is 0 Å². The summed E-state index contributed by atoms with van der Waals surface area (Å²) in [5.74, 6) is 1.67. The maximum atomic E-state index is 11.7. The molecular weight excluding hydrogens is 566 g/mol. The van der Waals surface area contributed by atoms with Crippen LogP contribution in [0.4, 0.5) is 0 Å². The Kier molecular flexibility index (Phi) is 10.4. The lowest BCUT2D eigenvalue weighted by Gasteiger charge is -2.27. The average molecular weight is 607 g/mol. The molecule has 0 aromatic heterocycles. The van der Waals surface area contributed by atoms with E-state index in [0.29, 0.717) is 56.7 Å². The van der Waals surface area contributed by atoms with E-state index in [0.717, 1.165) is 52.0 Å². The normalized spacial score (nSPS) is 17.1. The first kappa shape index (κ1) is 31.0. The van der Waals surface area contributed by atoms with Crippen molar-refractivity contribution in [2.24, 2.45) is 5.92 Å². The summed E-state index contributed by atoms with van der Waals surface area (Å²) in [4.78, 5) is 11.1. The highest BCUT2D eigenvalue weighted by atomic mass is 32.2. The molecule has 230 valence electrons. The van der Waals surface area contributed by atoms with Crippen LogP contribution in [0.15, 0.2) is 54.6 Å². The van der Waals surface area contributed by atoms with E-state index in [-0.39, 0.29) is 12.3 Å². The summed E-state index contributed by atoms with van der Waals surface area (Å²) in [6.07, 6.45) is 5.33. The van der Waals surface area contributed by atoms with Crippen molar-refractivity contribution < 1.29 is 32.9 Å². The Bertz CT molecular complexity index is 1430. The highest BCUT2D eigenvalue weighted by Gasteiger charge is 2.26. The van der Waals surface area contributed by atoms with Gasteiger partial charge in [-0.15, -0.1) is 0 Å². The van der Waals surface area contributed by atoms with Gasteiger partial charge in [0.2, 0.25) is 0 Å². The standard InChI is InChI=1S/C34H41NO7S/c1-23-15-30(40-14-6-13-35(43(38)39)20-25-7-3-4-8-25)16-24(2)34(23)27-10-5-9-26(17-27)21-41-29-11-12-31-28(18-33(36)37)22-42-32(31)19-29/h5,9-12,15-17,19,25,28H,3-4,6-8,13-14,18,20-22H2,1-2H3,(H,36,37)(H,38,39)/p-1. The Hall–Kier alpha value is -3.40. The number of rotatable bonds is 14. The number of carbonyl (C=O) groups is 1. The minimum atomic E-state index is -2.20. The zero-order valence-corrected chi connectivity index (χ0v) is 25.7. The van der Waals surface area contributed by atoms with Gasteiger partial charge < -0.3 is 23.9 Å². The molecule has 1 saturated carbocycles. The van der Waals surface area contributed by atoms with Crippen molar-refractivity contribution in [2.45, 2.75) is 64.9 Å². The number of carboxylic acid groups (broad SMARTS) is 1. The van der Waals surface area contributed by atoms with Crippen molar-refractivity contribution in [3.63, 3.8) is 0 Å². The number of hydrogen-bond donors (Lipinski definition) is 1. The molecule has 5 rings (SSSR count). The third-order valence-corrected chi connectivity index (χ3v) is 9.13. The minimum Gasteiger partial charge on any atom is -0.760 e. The van der Waals surface area contributed by atoms with Crippen molar-refractivity contribution in [3.8, 4) is 28.4 Å². The summed E-state index contributed by atoms with van der Waals surface area (Å²) in [7, 11) is 0. The van der Waals surface area contributed by atoms with Crippen LogP contribution < -0.4 is 14.2 Å². The highest BCUT2D eigenvalue weighted by molar-refractivity contribution is 7.76. The van der Waals surface area contributed by atoms with Crippen LogP contribution in [0.5, 0.6) is 17.2 Å². The van der Waals surface area contributed by atoms with Gasteiger partial charge >= 0.3 is 5.97 Å². The Labute approximate surface area is 256 Å². The molecule has 3 aromatic rings. The van der Waals surface area contributed by atoms with Crippen LogP contribution in [0.3, 0.4) is 0 Å². The van der Waals surface area contributed by atoms with Crippen molar-refractivity contribution >= 4 is 17.2 Å². The second-order valence-corrected chi connectivity index (χ2v) is 12.6. The number of carboxylic acids is 1. The summed E-state index contributed by atoms with van der Waals surface area (Å²) < 4.78 is 42.7. The second-order valence-electron chi connectivity index (χ2n) is 11.7. The molecule has 2 aliphatic rings. The quantitative estimate of drug-likeness (QED) is 0.164. The largest absolute Gasteiger partial charge is 0.760 e. The van der Waals surface area contributed by atoms with Crippen molar-refractivity contribution in [3.05, 3.63) is 76.9 Å². The van der Waals surface area contributed by atoms with Crippen LogP contribution >= 0.6 is 0 Å². The van der Waals surface area contributed by atoms with Gasteiger partial charge in [0.15, 0.2) is 0 Å². The lowest BCUT2D eigenvalue weighted by molar-refractivity contribution is -0.137. The zero-order valence-electron chi connectivity index (χ0n) is 24.9. The first-order chi connectivity index (χ1) is 20.8. The van der Waals surface area contributed by atoms with Crippen molar-refractivity contribution in [2.75, 3.05) is 26.3 Å². The van der Waals surface area contributed by atoms with E-state index in [1.165, 1.54) is 12.8 Å². The highest BCUT2D eigenvalue weighted by Crippen LogP contribution is 2.38. The fourth-order valence-electron chi connectivity index (χ4n) is 6.31. The maximum Gasteiger partial charge on any atom is 0.304 e. The van der Waals surface area contributed by atoms with Crippen LogP contribution in [0.1, 0.15) is 66.7 Å². The van der Waals surface area contributed by atoms with Gasteiger partial charge in [0, 0.05) is 41.9 Å². The molecule has 1 aliphatic heterocycles. The van der Waals surface area contributed by atoms with Crippen LogP contribution in [0.25, 0.3) is 11.1 Å². The van der Waals surface area contributed by atoms with Crippen LogP contribution in [0, 0.1) is 19.8 Å². The van der Waals surface area contributed by atoms with E-state index < -0.39 is 17.2 Å². The molecule has 0 radical (unpaired) electrons. The molecule has 1 heterocycles. The van der Waals surface area contributed by atoms with Gasteiger partial charge in [0.05, 0.1) is 19.6 Å². The van der Waals surface area contributed by atoms with E-state index >= 15 is 0 Å². The SMILES string of the molecule is Cc1cc(OCCCN(CC2CCCC2)S(=O)[O-])cc(C)c1-c1cccc(COc2ccc3c(c2)OCC3CC(=O)O)c1. The number of ether oxygens (including phenoxy) is 3. The molecule has 9 heteroatoms. The van der Waals surface area contributed by atoms with E-state index in [1.54, 1.807) is 4.31 Å². The Balaban J connectivity index is 1.16. The molecule has 1 aliphatic carbocycles. The molecule has 0 saturated heterocycles. The van der Waals surface area contributed by atoms with E-state index in [1.807, 2.05) is 42.5 Å². The fourth-order valence-corrected chi connectivity index (χ4v) is 6.92. The van der Waals surface area contributed by atoms with Gasteiger partial charge in [0.1, 0.15) is 23.9 Å². The fraction of sp³-hybridized carbons (Fsp3) is 0.441. The molecule has 1 fully saturated rings. The van der Waals surface area contributed by atoms with E-state index in [4.69, 9.17) is 19.3 Å². The minimum absolute atomic E-state index is 0.0523. The zero-order chi connectivity index (χ0) is 30.3. The molecule has 0 bridgehead atoms. The third-order valence-electron chi connectivity index (χ3n) is 8.38. The molecule has 1 N–H and O–H groups in total. The smallest absolute Gasteiger partial charge is 0.304 e. The van der Waals surface area contributed by atoms with Gasteiger partial charge in [-0.25, -0.2) is 4.31 Å². The lowest BCUT2D eigenvalue weighted by atomic mass is 9.94. The van der Waals surface area contributed by atoms with Crippen LogP contribution in [-0.2, 0) is 22.7 Å². The number of aliphatic carboxylic acids is 1. The predicted octanol–water partition coefficient (Wildman–Crippen LogP) is 6.56. The Morgan fingerprint density at radius 1 is 1.05 bits per heavy atom. The average Bonchev–Trinajstić information content (AvgIpc) is 3.63. The number of hydrogen-bond acceptors (Lipinski definition) is 6. The van der Waals surface area contributed by atoms with Gasteiger partial charge in [-0.3, -0.25) is 9.00 Å². The number of aryl methyl sites for hydroxylation is 2. The molecule has 2 atom stereocenters. The molecule has 0 spiro atoms. The maximum absolute atomic E-state index is 11.7. The van der Waals surface area contributed by atoms with Gasteiger partial charge in [0.25, 0.3) is 0 Å². The summed E-state index contributed by atoms with van der Waals surface area (Å²) in [5, 5.41) is 9.12. The number of fused-ring (bicyclic) bond motifs is 1. The number of benzene rings is 3. The molecule has 2 unspecified atom stereocenters. The first-order valence-corrected chi connectivity index (χ1v) is 16.1. The van der Waals surface area contributed by atoms with Gasteiger partial charge in [-0.1, -0.05) is 37.1 Å². The Morgan fingerprint density at radius 2 is 1.81 bits per heavy atom. The second kappa shape index (κ2) is 14.4. The topological polar surface area (TPSA) is 108 Å². The molecular formula is C34H40NO7S-. The summed E-state index contributed by atoms with van der Waals surface area (Å²) in [6.45, 7) is 6.45. The predicted molar refractivity (Wildman–Crippen MR) is 165 cm³/mol. The summed E-state index contributed by atoms with van der Waals surface area (Å²) in [6, 6.07) is 18.0. The molecule has 3 aromatic carbocycles. The van der Waals surface area contributed by atoms with Crippen molar-refractivity contribution in [1.29, 1.82) is 0 Å². The van der Waals surface area contributed by atoms with Gasteiger partial charge in [-0.05, 0) is 91.1 Å². The molecule has 8 nitrogen and oxygen atoms in total. The molecule has 43 heavy (non-hydrogen) atoms. The van der Waals surface area contributed by atoms with E-state index in [9.17, 15) is 13.6 Å². The molecule has 0 amide bonds. The van der Waals surface area contributed by atoms with E-state index in [2.05, 4.69) is 26.0 Å². The first-order valence-electron chi connectivity index (χ1n) is 15.1. The Morgan fingerprint density at radius 3 is 2.53 bits per heavy atom. The monoisotopic (exact) mass is 606 g/mol. The number of nitrogens with zero attached hydrogens (tertiary/aromatic N) is 1.